The van der Waals surface area contributed by atoms with E-state index in [4.69, 9.17) is 0 Å². The molecule has 2 aliphatic heterocycles. The molecule has 2 aliphatic rings. The second kappa shape index (κ2) is 7.43. The minimum atomic E-state index is 0.809. The highest BCUT2D eigenvalue weighted by atomic mass is 15.2. The molecule has 0 bridgehead atoms. The van der Waals surface area contributed by atoms with Crippen LogP contribution in [0.1, 0.15) is 19.3 Å². The Morgan fingerprint density at radius 1 is 0.944 bits per heavy atom. The van der Waals surface area contributed by atoms with E-state index in [1.165, 1.54) is 71.6 Å². The minimum absolute atomic E-state index is 0.809. The number of nitrogens with one attached hydrogen (secondary N) is 1. The molecule has 0 aromatic rings. The molecule has 0 unspecified atom stereocenters. The van der Waals surface area contributed by atoms with Gasteiger partial charge in [0.05, 0.1) is 0 Å². The van der Waals surface area contributed by atoms with Gasteiger partial charge in [-0.3, -0.25) is 0 Å². The molecule has 2 fully saturated rings. The molecule has 4 heteroatoms. The highest BCUT2D eigenvalue weighted by Gasteiger charge is 2.20. The summed E-state index contributed by atoms with van der Waals surface area (Å²) in [4.78, 5) is 7.66. The van der Waals surface area contributed by atoms with Crippen LogP contribution in [0.25, 0.3) is 0 Å². The van der Waals surface area contributed by atoms with Crippen molar-refractivity contribution in [1.82, 2.24) is 20.0 Å². The molecule has 2 rings (SSSR count). The Balaban J connectivity index is 1.62. The van der Waals surface area contributed by atoms with Crippen LogP contribution in [0.3, 0.4) is 0 Å². The molecule has 0 saturated carbocycles. The molecule has 106 valence electrons. The Labute approximate surface area is 112 Å². The van der Waals surface area contributed by atoms with Crippen LogP contribution in [0.15, 0.2) is 0 Å². The lowest BCUT2D eigenvalue weighted by atomic mass is 10.0. The van der Waals surface area contributed by atoms with Crippen LogP contribution in [-0.4, -0.2) is 87.2 Å². The fourth-order valence-corrected chi connectivity index (χ4v) is 3.07. The van der Waals surface area contributed by atoms with Gasteiger partial charge in [-0.25, -0.2) is 0 Å². The van der Waals surface area contributed by atoms with Crippen molar-refractivity contribution in [2.24, 2.45) is 0 Å². The van der Waals surface area contributed by atoms with E-state index in [0.717, 1.165) is 6.04 Å². The van der Waals surface area contributed by atoms with Crippen LogP contribution >= 0.6 is 0 Å². The number of rotatable bonds is 4. The van der Waals surface area contributed by atoms with E-state index in [-0.39, 0.29) is 0 Å². The molecule has 2 heterocycles. The van der Waals surface area contributed by atoms with E-state index in [9.17, 15) is 0 Å². The minimum Gasteiger partial charge on any atom is -0.315 e. The quantitative estimate of drug-likeness (QED) is 0.779. The van der Waals surface area contributed by atoms with Crippen LogP contribution < -0.4 is 5.32 Å². The van der Waals surface area contributed by atoms with Gasteiger partial charge in [0.1, 0.15) is 0 Å². The first-order valence-corrected chi connectivity index (χ1v) is 7.57. The van der Waals surface area contributed by atoms with E-state index >= 15 is 0 Å². The first-order valence-electron chi connectivity index (χ1n) is 7.57. The van der Waals surface area contributed by atoms with Crippen molar-refractivity contribution < 1.29 is 0 Å². The molecule has 2 saturated heterocycles. The molecule has 0 spiro atoms. The van der Waals surface area contributed by atoms with Crippen LogP contribution in [0.2, 0.25) is 0 Å². The van der Waals surface area contributed by atoms with Gasteiger partial charge < -0.3 is 20.0 Å². The first kappa shape index (κ1) is 14.3. The maximum atomic E-state index is 3.47. The summed E-state index contributed by atoms with van der Waals surface area (Å²) in [7, 11) is 4.43. The van der Waals surface area contributed by atoms with Gasteiger partial charge in [-0.2, -0.15) is 0 Å². The van der Waals surface area contributed by atoms with Crippen LogP contribution in [0.4, 0.5) is 0 Å². The van der Waals surface area contributed by atoms with Crippen molar-refractivity contribution in [3.8, 4) is 0 Å². The van der Waals surface area contributed by atoms with Gasteiger partial charge in [-0.1, -0.05) is 0 Å². The highest BCUT2D eigenvalue weighted by molar-refractivity contribution is 4.77. The summed E-state index contributed by atoms with van der Waals surface area (Å²) in [5.74, 6) is 0. The zero-order chi connectivity index (χ0) is 12.8. The van der Waals surface area contributed by atoms with E-state index in [1.54, 1.807) is 0 Å². The molecule has 0 radical (unpaired) electrons. The van der Waals surface area contributed by atoms with Gasteiger partial charge in [0, 0.05) is 32.2 Å². The van der Waals surface area contributed by atoms with Crippen molar-refractivity contribution >= 4 is 0 Å². The van der Waals surface area contributed by atoms with Crippen LogP contribution in [-0.2, 0) is 0 Å². The number of hydrogen-bond donors (Lipinski definition) is 1. The van der Waals surface area contributed by atoms with Crippen LogP contribution in [0, 0.1) is 0 Å². The number of piperidine rings is 1. The monoisotopic (exact) mass is 254 g/mol. The third kappa shape index (κ3) is 4.50. The Hall–Kier alpha value is -0.160. The fourth-order valence-electron chi connectivity index (χ4n) is 3.07. The predicted octanol–water partition coefficient (Wildman–Crippen LogP) is 0.308. The average Bonchev–Trinajstić information content (AvgIpc) is 2.65. The lowest BCUT2D eigenvalue weighted by Gasteiger charge is -2.36. The van der Waals surface area contributed by atoms with E-state index < -0.39 is 0 Å². The Kier molecular flexibility index (Phi) is 5.89. The zero-order valence-electron chi connectivity index (χ0n) is 12.2. The van der Waals surface area contributed by atoms with Gasteiger partial charge in [0.15, 0.2) is 0 Å². The van der Waals surface area contributed by atoms with Crippen molar-refractivity contribution in [2.45, 2.75) is 25.3 Å². The summed E-state index contributed by atoms with van der Waals surface area (Å²) >= 11 is 0. The highest BCUT2D eigenvalue weighted by Crippen LogP contribution is 2.13. The summed E-state index contributed by atoms with van der Waals surface area (Å²) < 4.78 is 0. The summed E-state index contributed by atoms with van der Waals surface area (Å²) in [5, 5.41) is 3.47. The summed E-state index contributed by atoms with van der Waals surface area (Å²) in [6.45, 7) is 9.97. The fraction of sp³-hybridized carbons (Fsp3) is 1.00. The molecule has 0 amide bonds. The first-order chi connectivity index (χ1) is 8.75. The molecule has 18 heavy (non-hydrogen) atoms. The van der Waals surface area contributed by atoms with Gasteiger partial charge in [0.2, 0.25) is 0 Å². The molecule has 0 aromatic carbocycles. The maximum Gasteiger partial charge on any atom is 0.0113 e. The van der Waals surface area contributed by atoms with E-state index in [0.29, 0.717) is 0 Å². The van der Waals surface area contributed by atoms with Gasteiger partial charge in [-0.15, -0.1) is 0 Å². The Morgan fingerprint density at radius 3 is 2.28 bits per heavy atom. The molecular weight excluding hydrogens is 224 g/mol. The second-order valence-electron chi connectivity index (χ2n) is 5.98. The van der Waals surface area contributed by atoms with Crippen molar-refractivity contribution in [2.75, 3.05) is 66.5 Å². The number of hydrogen-bond acceptors (Lipinski definition) is 4. The second-order valence-corrected chi connectivity index (χ2v) is 5.98. The van der Waals surface area contributed by atoms with Crippen molar-refractivity contribution in [1.29, 1.82) is 0 Å². The van der Waals surface area contributed by atoms with Gasteiger partial charge >= 0.3 is 0 Å². The molecule has 0 atom stereocenters. The third-order valence-corrected chi connectivity index (χ3v) is 4.45. The SMILES string of the molecule is CN(C)C1CCN(CCN2CCCNCC2)CC1. The van der Waals surface area contributed by atoms with E-state index in [2.05, 4.69) is 34.1 Å². The number of likely N-dealkylation sites (tertiary alicyclic amines) is 1. The Morgan fingerprint density at radius 2 is 1.61 bits per heavy atom. The van der Waals surface area contributed by atoms with Gasteiger partial charge in [-0.05, 0) is 59.5 Å². The average molecular weight is 254 g/mol. The van der Waals surface area contributed by atoms with E-state index in [1.807, 2.05) is 0 Å². The van der Waals surface area contributed by atoms with Crippen LogP contribution in [0.5, 0.6) is 0 Å². The molecular formula is C14H30N4. The molecule has 4 nitrogen and oxygen atoms in total. The van der Waals surface area contributed by atoms with Gasteiger partial charge in [0.25, 0.3) is 0 Å². The molecule has 1 N–H and O–H groups in total. The summed E-state index contributed by atoms with van der Waals surface area (Å²) in [6, 6.07) is 0.809. The lowest BCUT2D eigenvalue weighted by Crippen LogP contribution is -2.44. The predicted molar refractivity (Wildman–Crippen MR) is 77.1 cm³/mol. The lowest BCUT2D eigenvalue weighted by molar-refractivity contribution is 0.131. The largest absolute Gasteiger partial charge is 0.315 e. The summed E-state index contributed by atoms with van der Waals surface area (Å²) in [5.41, 5.74) is 0. The molecule has 0 aromatic heterocycles. The normalized spacial score (nSPS) is 25.5. The summed E-state index contributed by atoms with van der Waals surface area (Å²) in [6.07, 6.45) is 3.99. The Bertz CT molecular complexity index is 216. The zero-order valence-corrected chi connectivity index (χ0v) is 12.2. The standard InChI is InChI=1S/C14H30N4/c1-16(2)14-4-9-18(10-5-14)13-12-17-8-3-6-15-7-11-17/h14-15H,3-13H2,1-2H3. The molecule has 0 aliphatic carbocycles. The van der Waals surface area contributed by atoms with Crippen molar-refractivity contribution in [3.05, 3.63) is 0 Å². The smallest absolute Gasteiger partial charge is 0.0113 e. The topological polar surface area (TPSA) is 21.8 Å². The maximum absolute atomic E-state index is 3.47. The third-order valence-electron chi connectivity index (χ3n) is 4.45. The van der Waals surface area contributed by atoms with Crippen molar-refractivity contribution in [3.63, 3.8) is 0 Å². The number of nitrogens with zero attached hydrogens (tertiary/aromatic N) is 3.